The van der Waals surface area contributed by atoms with Crippen LogP contribution in [0, 0.1) is 6.92 Å². The molecule has 0 fully saturated rings. The molecule has 0 aliphatic carbocycles. The molecule has 0 spiro atoms. The van der Waals surface area contributed by atoms with Crippen LogP contribution in [0.1, 0.15) is 21.7 Å². The molecule has 0 saturated heterocycles. The maximum absolute atomic E-state index is 11.8. The lowest BCUT2D eigenvalue weighted by Gasteiger charge is -2.02. The van der Waals surface area contributed by atoms with Crippen molar-refractivity contribution in [3.63, 3.8) is 0 Å². The van der Waals surface area contributed by atoms with Gasteiger partial charge in [-0.05, 0) is 19.1 Å². The number of pyridine rings is 1. The molecule has 2 heterocycles. The molecule has 88 valence electrons. The van der Waals surface area contributed by atoms with Gasteiger partial charge in [0, 0.05) is 18.3 Å². The summed E-state index contributed by atoms with van der Waals surface area (Å²) in [4.78, 5) is 19.8. The Balaban J connectivity index is 2.14. The smallest absolute Gasteiger partial charge is 0.301 e. The summed E-state index contributed by atoms with van der Waals surface area (Å²) in [5.74, 6) is -0.302. The normalized spacial score (nSPS) is 10.2. The van der Waals surface area contributed by atoms with E-state index >= 15 is 0 Å². The first kappa shape index (κ1) is 11.3. The van der Waals surface area contributed by atoms with E-state index in [1.165, 1.54) is 12.5 Å². The highest BCUT2D eigenvalue weighted by molar-refractivity contribution is 6.03. The van der Waals surface area contributed by atoms with E-state index in [4.69, 9.17) is 10.2 Å². The predicted molar refractivity (Wildman–Crippen MR) is 61.3 cm³/mol. The molecule has 2 aromatic heterocycles. The second-order valence-corrected chi connectivity index (χ2v) is 3.49. The van der Waals surface area contributed by atoms with Gasteiger partial charge in [0.2, 0.25) is 0 Å². The van der Waals surface area contributed by atoms with E-state index in [0.717, 1.165) is 0 Å². The summed E-state index contributed by atoms with van der Waals surface area (Å²) in [6.45, 7) is 2.07. The van der Waals surface area contributed by atoms with Gasteiger partial charge < -0.3 is 10.2 Å². The molecule has 0 aliphatic rings. The number of nitrogens with one attached hydrogen (secondary N) is 1. The number of nitrogens with zero attached hydrogens (tertiary/aromatic N) is 2. The van der Waals surface area contributed by atoms with Crippen LogP contribution in [0.4, 0.5) is 6.01 Å². The van der Waals surface area contributed by atoms with E-state index in [9.17, 15) is 4.79 Å². The maximum atomic E-state index is 11.8. The number of hydrogen-bond acceptors (Lipinski definition) is 5. The molecule has 0 aromatic carbocycles. The molecule has 0 atom stereocenters. The van der Waals surface area contributed by atoms with Crippen LogP contribution in [-0.4, -0.2) is 15.9 Å². The molecule has 17 heavy (non-hydrogen) atoms. The highest BCUT2D eigenvalue weighted by atomic mass is 16.4. The van der Waals surface area contributed by atoms with Crippen LogP contribution in [-0.2, 0) is 6.54 Å². The molecule has 6 heteroatoms. The number of anilines is 1. The lowest BCUT2D eigenvalue weighted by Crippen LogP contribution is -2.13. The predicted octanol–water partition coefficient (Wildman–Crippen LogP) is 1.09. The average molecular weight is 232 g/mol. The summed E-state index contributed by atoms with van der Waals surface area (Å²) in [6.07, 6.45) is 3.01. The minimum absolute atomic E-state index is 0.179. The van der Waals surface area contributed by atoms with Crippen molar-refractivity contribution in [3.05, 3.63) is 41.5 Å². The third-order valence-corrected chi connectivity index (χ3v) is 2.13. The molecule has 0 aliphatic heterocycles. The van der Waals surface area contributed by atoms with Crippen LogP contribution in [0.2, 0.25) is 0 Å². The minimum Gasteiger partial charge on any atom is -0.432 e. The van der Waals surface area contributed by atoms with E-state index in [-0.39, 0.29) is 11.9 Å². The van der Waals surface area contributed by atoms with Gasteiger partial charge in [-0.15, -0.1) is 0 Å². The SMILES string of the molecule is Cc1coc(NC(=O)c2ccnc(CN)c2)n1. The zero-order valence-corrected chi connectivity index (χ0v) is 9.30. The van der Waals surface area contributed by atoms with Gasteiger partial charge in [0.1, 0.15) is 6.26 Å². The highest BCUT2D eigenvalue weighted by Crippen LogP contribution is 2.09. The number of oxazole rings is 1. The number of aryl methyl sites for hydroxylation is 1. The quantitative estimate of drug-likeness (QED) is 0.826. The van der Waals surface area contributed by atoms with Crippen LogP contribution >= 0.6 is 0 Å². The number of amides is 1. The first-order valence-electron chi connectivity index (χ1n) is 5.07. The van der Waals surface area contributed by atoms with Crippen LogP contribution < -0.4 is 11.1 Å². The first-order chi connectivity index (χ1) is 8.19. The van der Waals surface area contributed by atoms with Gasteiger partial charge in [0.15, 0.2) is 0 Å². The molecule has 6 nitrogen and oxygen atoms in total. The summed E-state index contributed by atoms with van der Waals surface area (Å²) in [5, 5.41) is 2.55. The van der Waals surface area contributed by atoms with Gasteiger partial charge in [-0.1, -0.05) is 0 Å². The number of carbonyl (C=O) groups is 1. The fourth-order valence-corrected chi connectivity index (χ4v) is 1.31. The summed E-state index contributed by atoms with van der Waals surface area (Å²) < 4.78 is 5.03. The molecule has 1 amide bonds. The van der Waals surface area contributed by atoms with Gasteiger partial charge in [0.05, 0.1) is 11.4 Å². The lowest BCUT2D eigenvalue weighted by molar-refractivity contribution is 0.102. The van der Waals surface area contributed by atoms with Crippen LogP contribution in [0.25, 0.3) is 0 Å². The standard InChI is InChI=1S/C11H12N4O2/c1-7-6-17-11(14-7)15-10(16)8-2-3-13-9(4-8)5-12/h2-4,6H,5,12H2,1H3,(H,14,15,16). The summed E-state index contributed by atoms with van der Waals surface area (Å²) >= 11 is 0. The van der Waals surface area contributed by atoms with E-state index in [0.29, 0.717) is 23.5 Å². The minimum atomic E-state index is -0.302. The van der Waals surface area contributed by atoms with E-state index < -0.39 is 0 Å². The summed E-state index contributed by atoms with van der Waals surface area (Å²) in [5.41, 5.74) is 7.28. The first-order valence-corrected chi connectivity index (χ1v) is 5.07. The van der Waals surface area contributed by atoms with Crippen molar-refractivity contribution >= 4 is 11.9 Å². The molecule has 3 N–H and O–H groups in total. The molecule has 2 rings (SSSR count). The zero-order chi connectivity index (χ0) is 12.3. The van der Waals surface area contributed by atoms with Gasteiger partial charge in [0.25, 0.3) is 5.91 Å². The summed E-state index contributed by atoms with van der Waals surface area (Å²) in [6, 6.07) is 3.41. The number of hydrogen-bond donors (Lipinski definition) is 2. The number of rotatable bonds is 3. The van der Waals surface area contributed by atoms with Gasteiger partial charge in [-0.3, -0.25) is 15.1 Å². The largest absolute Gasteiger partial charge is 0.432 e. The van der Waals surface area contributed by atoms with Crippen molar-refractivity contribution in [1.82, 2.24) is 9.97 Å². The Labute approximate surface area is 97.9 Å². The number of aromatic nitrogens is 2. The van der Waals surface area contributed by atoms with E-state index in [1.54, 1.807) is 19.1 Å². The van der Waals surface area contributed by atoms with E-state index in [2.05, 4.69) is 15.3 Å². The zero-order valence-electron chi connectivity index (χ0n) is 9.30. The van der Waals surface area contributed by atoms with Gasteiger partial charge in [-0.2, -0.15) is 4.98 Å². The van der Waals surface area contributed by atoms with Gasteiger partial charge in [-0.25, -0.2) is 0 Å². The van der Waals surface area contributed by atoms with Crippen molar-refractivity contribution in [2.75, 3.05) is 5.32 Å². The van der Waals surface area contributed by atoms with Crippen molar-refractivity contribution in [1.29, 1.82) is 0 Å². The average Bonchev–Trinajstić information content (AvgIpc) is 2.75. The van der Waals surface area contributed by atoms with Crippen LogP contribution in [0.15, 0.2) is 29.0 Å². The van der Waals surface area contributed by atoms with Crippen molar-refractivity contribution < 1.29 is 9.21 Å². The van der Waals surface area contributed by atoms with Crippen LogP contribution in [0.3, 0.4) is 0 Å². The third-order valence-electron chi connectivity index (χ3n) is 2.13. The fraction of sp³-hybridized carbons (Fsp3) is 0.182. The van der Waals surface area contributed by atoms with Gasteiger partial charge >= 0.3 is 6.01 Å². The number of carbonyl (C=O) groups excluding carboxylic acids is 1. The van der Waals surface area contributed by atoms with Crippen molar-refractivity contribution in [2.45, 2.75) is 13.5 Å². The third kappa shape index (κ3) is 2.67. The second-order valence-electron chi connectivity index (χ2n) is 3.49. The van der Waals surface area contributed by atoms with Crippen molar-refractivity contribution in [3.8, 4) is 0 Å². The van der Waals surface area contributed by atoms with Crippen molar-refractivity contribution in [2.24, 2.45) is 5.73 Å². The maximum Gasteiger partial charge on any atom is 0.301 e. The molecule has 0 unspecified atom stereocenters. The Morgan fingerprint density at radius 1 is 1.59 bits per heavy atom. The molecule has 0 bridgehead atoms. The van der Waals surface area contributed by atoms with Crippen LogP contribution in [0.5, 0.6) is 0 Å². The molecule has 2 aromatic rings. The Morgan fingerprint density at radius 3 is 3.06 bits per heavy atom. The fourth-order valence-electron chi connectivity index (χ4n) is 1.31. The monoisotopic (exact) mass is 232 g/mol. The lowest BCUT2D eigenvalue weighted by atomic mass is 10.2. The molecule has 0 saturated carbocycles. The Morgan fingerprint density at radius 2 is 2.41 bits per heavy atom. The molecular formula is C11H12N4O2. The summed E-state index contributed by atoms with van der Waals surface area (Å²) in [7, 11) is 0. The van der Waals surface area contributed by atoms with E-state index in [1.807, 2.05) is 0 Å². The highest BCUT2D eigenvalue weighted by Gasteiger charge is 2.09. The Hall–Kier alpha value is -2.21. The second kappa shape index (κ2) is 4.75. The number of nitrogens with two attached hydrogens (primary N) is 1. The Bertz CT molecular complexity index is 536. The topological polar surface area (TPSA) is 94.0 Å². The molecular weight excluding hydrogens is 220 g/mol. The Kier molecular flexibility index (Phi) is 3.15. The molecule has 0 radical (unpaired) electrons.